The molecule has 1 heterocycles. The summed E-state index contributed by atoms with van der Waals surface area (Å²) in [6, 6.07) is 12.5. The molecule has 2 aromatic rings. The molecule has 0 amide bonds. The Morgan fingerprint density at radius 2 is 1.91 bits per heavy atom. The van der Waals surface area contributed by atoms with Crippen molar-refractivity contribution < 1.29 is 19.1 Å². The van der Waals surface area contributed by atoms with E-state index in [1.165, 1.54) is 13.2 Å². The lowest BCUT2D eigenvalue weighted by Crippen LogP contribution is -2.02. The number of carbonyl (C=O) groups excluding carboxylic acids is 2. The third-order valence-corrected chi connectivity index (χ3v) is 4.25. The van der Waals surface area contributed by atoms with Crippen LogP contribution in [0.4, 0.5) is 0 Å². The second-order valence-corrected chi connectivity index (χ2v) is 5.80. The maximum absolute atomic E-state index is 12.4. The normalized spacial score (nSPS) is 14.5. The van der Waals surface area contributed by atoms with Gasteiger partial charge in [0.1, 0.15) is 5.75 Å². The molecule has 0 bridgehead atoms. The molecule has 0 spiro atoms. The van der Waals surface area contributed by atoms with E-state index >= 15 is 0 Å². The van der Waals surface area contributed by atoms with E-state index in [4.69, 9.17) is 4.74 Å². The quantitative estimate of drug-likeness (QED) is 0.488. The first-order valence-corrected chi connectivity index (χ1v) is 8.15. The highest BCUT2D eigenvalue weighted by atomic mass is 32.2. The number of esters is 1. The Morgan fingerprint density at radius 1 is 1.17 bits per heavy atom. The van der Waals surface area contributed by atoms with E-state index in [0.717, 1.165) is 10.5 Å². The summed E-state index contributed by atoms with van der Waals surface area (Å²) in [6.45, 7) is 0. The van der Waals surface area contributed by atoms with Crippen LogP contribution in [0.1, 0.15) is 26.3 Å². The minimum absolute atomic E-state index is 0.236. The lowest BCUT2D eigenvalue weighted by atomic mass is 10.1. The van der Waals surface area contributed by atoms with Crippen molar-refractivity contribution in [3.8, 4) is 5.75 Å². The highest BCUT2D eigenvalue weighted by molar-refractivity contribution is 7.98. The summed E-state index contributed by atoms with van der Waals surface area (Å²) in [4.78, 5) is 25.1. The van der Waals surface area contributed by atoms with Crippen molar-refractivity contribution in [2.45, 2.75) is 4.90 Å². The number of Topliss-reactive ketones (excluding diaryl/α,β-unsaturated/α-hetero) is 1. The molecule has 0 aromatic heterocycles. The van der Waals surface area contributed by atoms with Crippen LogP contribution < -0.4 is 4.74 Å². The number of fused-ring (bicyclic) bond motifs is 1. The van der Waals surface area contributed by atoms with Crippen LogP contribution in [-0.2, 0) is 4.74 Å². The van der Waals surface area contributed by atoms with Crippen LogP contribution in [0.5, 0.6) is 5.75 Å². The van der Waals surface area contributed by atoms with Gasteiger partial charge in [0.2, 0.25) is 5.78 Å². The van der Waals surface area contributed by atoms with Gasteiger partial charge in [-0.3, -0.25) is 4.79 Å². The Labute approximate surface area is 138 Å². The summed E-state index contributed by atoms with van der Waals surface area (Å²) in [5.74, 6) is -0.0149. The standard InChI is InChI=1S/C18H14O4S/c1-21-18(20)12-5-8-15-14(10-12)17(19)16(22-15)9-11-3-6-13(23-2)7-4-11/h3-10H,1-2H3/b16-9+. The van der Waals surface area contributed by atoms with Gasteiger partial charge < -0.3 is 9.47 Å². The van der Waals surface area contributed by atoms with Gasteiger partial charge in [0.15, 0.2) is 5.76 Å². The smallest absolute Gasteiger partial charge is 0.337 e. The second-order valence-electron chi connectivity index (χ2n) is 4.92. The molecule has 0 fully saturated rings. The summed E-state index contributed by atoms with van der Waals surface area (Å²) in [5, 5.41) is 0. The van der Waals surface area contributed by atoms with Crippen LogP contribution in [0.3, 0.4) is 0 Å². The minimum Gasteiger partial charge on any atom is -0.465 e. The van der Waals surface area contributed by atoms with Crippen molar-refractivity contribution in [3.63, 3.8) is 0 Å². The van der Waals surface area contributed by atoms with Gasteiger partial charge in [-0.15, -0.1) is 11.8 Å². The van der Waals surface area contributed by atoms with Gasteiger partial charge in [-0.2, -0.15) is 0 Å². The zero-order valence-electron chi connectivity index (χ0n) is 12.7. The molecular weight excluding hydrogens is 312 g/mol. The van der Waals surface area contributed by atoms with E-state index in [2.05, 4.69) is 4.74 Å². The number of methoxy groups -OCH3 is 1. The molecule has 2 aromatic carbocycles. The van der Waals surface area contributed by atoms with Crippen molar-refractivity contribution in [1.82, 2.24) is 0 Å². The van der Waals surface area contributed by atoms with E-state index in [-0.39, 0.29) is 11.5 Å². The van der Waals surface area contributed by atoms with E-state index in [1.54, 1.807) is 30.0 Å². The molecule has 1 aliphatic rings. The number of carbonyl (C=O) groups is 2. The topological polar surface area (TPSA) is 52.6 Å². The number of hydrogen-bond donors (Lipinski definition) is 0. The summed E-state index contributed by atoms with van der Waals surface area (Å²) in [7, 11) is 1.30. The van der Waals surface area contributed by atoms with Gasteiger partial charge >= 0.3 is 5.97 Å². The highest BCUT2D eigenvalue weighted by Crippen LogP contribution is 2.32. The van der Waals surface area contributed by atoms with Crippen LogP contribution in [0.25, 0.3) is 6.08 Å². The third kappa shape index (κ3) is 3.00. The number of thioether (sulfide) groups is 1. The van der Waals surface area contributed by atoms with E-state index in [9.17, 15) is 9.59 Å². The van der Waals surface area contributed by atoms with Crippen molar-refractivity contribution in [1.29, 1.82) is 0 Å². The molecular formula is C18H14O4S. The largest absolute Gasteiger partial charge is 0.465 e. The van der Waals surface area contributed by atoms with Crippen molar-refractivity contribution in [2.24, 2.45) is 0 Å². The lowest BCUT2D eigenvalue weighted by molar-refractivity contribution is 0.0600. The molecule has 1 aliphatic heterocycles. The molecule has 0 radical (unpaired) electrons. The molecule has 0 saturated carbocycles. The number of ether oxygens (including phenoxy) is 2. The first-order valence-electron chi connectivity index (χ1n) is 6.93. The first-order chi connectivity index (χ1) is 11.1. The molecule has 0 aliphatic carbocycles. The average molecular weight is 326 g/mol. The molecule has 23 heavy (non-hydrogen) atoms. The fourth-order valence-corrected chi connectivity index (χ4v) is 2.69. The number of rotatable bonds is 3. The predicted octanol–water partition coefficient (Wildman–Crippen LogP) is 3.81. The average Bonchev–Trinajstić information content (AvgIpc) is 2.90. The molecule has 0 N–H and O–H groups in total. The Hall–Kier alpha value is -2.53. The number of ketones is 1. The Bertz CT molecular complexity index is 806. The molecule has 116 valence electrons. The van der Waals surface area contributed by atoms with Crippen LogP contribution in [0.15, 0.2) is 53.1 Å². The molecule has 0 saturated heterocycles. The number of benzene rings is 2. The van der Waals surface area contributed by atoms with Crippen molar-refractivity contribution in [2.75, 3.05) is 13.4 Å². The van der Waals surface area contributed by atoms with Gasteiger partial charge in [0, 0.05) is 4.90 Å². The zero-order chi connectivity index (χ0) is 16.4. The molecule has 3 rings (SSSR count). The van der Waals surface area contributed by atoms with E-state index < -0.39 is 5.97 Å². The Kier molecular flexibility index (Phi) is 4.21. The fraction of sp³-hybridized carbons (Fsp3) is 0.111. The van der Waals surface area contributed by atoms with Gasteiger partial charge in [0.25, 0.3) is 0 Å². The monoisotopic (exact) mass is 326 g/mol. The van der Waals surface area contributed by atoms with Crippen LogP contribution in [0, 0.1) is 0 Å². The Balaban J connectivity index is 1.90. The second kappa shape index (κ2) is 6.30. The predicted molar refractivity (Wildman–Crippen MR) is 88.9 cm³/mol. The van der Waals surface area contributed by atoms with Crippen LogP contribution in [0.2, 0.25) is 0 Å². The number of allylic oxidation sites excluding steroid dienone is 1. The van der Waals surface area contributed by atoms with Gasteiger partial charge in [-0.25, -0.2) is 4.79 Å². The molecule has 0 atom stereocenters. The maximum atomic E-state index is 12.4. The molecule has 0 unspecified atom stereocenters. The molecule has 4 nitrogen and oxygen atoms in total. The SMILES string of the molecule is COC(=O)c1ccc2c(c1)C(=O)/C(=C\c1ccc(SC)cc1)O2. The zero-order valence-corrected chi connectivity index (χ0v) is 13.5. The van der Waals surface area contributed by atoms with Gasteiger partial charge in [-0.05, 0) is 48.2 Å². The summed E-state index contributed by atoms with van der Waals surface area (Å²) in [6.07, 6.45) is 3.71. The van der Waals surface area contributed by atoms with Gasteiger partial charge in [0.05, 0.1) is 18.2 Å². The van der Waals surface area contributed by atoms with Gasteiger partial charge in [-0.1, -0.05) is 12.1 Å². The molecule has 5 heteroatoms. The minimum atomic E-state index is -0.481. The maximum Gasteiger partial charge on any atom is 0.337 e. The highest BCUT2D eigenvalue weighted by Gasteiger charge is 2.28. The first kappa shape index (κ1) is 15.4. The summed E-state index contributed by atoms with van der Waals surface area (Å²) >= 11 is 1.65. The third-order valence-electron chi connectivity index (χ3n) is 3.50. The van der Waals surface area contributed by atoms with E-state index in [1.807, 2.05) is 30.5 Å². The summed E-state index contributed by atoms with van der Waals surface area (Å²) in [5.41, 5.74) is 1.58. The number of hydrogen-bond acceptors (Lipinski definition) is 5. The Morgan fingerprint density at radius 3 is 2.57 bits per heavy atom. The van der Waals surface area contributed by atoms with Crippen LogP contribution >= 0.6 is 11.8 Å². The lowest BCUT2D eigenvalue weighted by Gasteiger charge is -2.01. The van der Waals surface area contributed by atoms with Crippen molar-refractivity contribution >= 4 is 29.6 Å². The summed E-state index contributed by atoms with van der Waals surface area (Å²) < 4.78 is 10.3. The van der Waals surface area contributed by atoms with Crippen molar-refractivity contribution in [3.05, 3.63) is 64.9 Å². The fourth-order valence-electron chi connectivity index (χ4n) is 2.29. The van der Waals surface area contributed by atoms with E-state index in [0.29, 0.717) is 16.9 Å². The van der Waals surface area contributed by atoms with Crippen LogP contribution in [-0.4, -0.2) is 25.1 Å².